The van der Waals surface area contributed by atoms with Gasteiger partial charge in [0.2, 0.25) is 0 Å². The van der Waals surface area contributed by atoms with E-state index in [0.717, 1.165) is 35.5 Å². The fourth-order valence-corrected chi connectivity index (χ4v) is 5.19. The van der Waals surface area contributed by atoms with Gasteiger partial charge in [-0.1, -0.05) is 25.5 Å². The van der Waals surface area contributed by atoms with Crippen LogP contribution in [0.4, 0.5) is 0 Å². The van der Waals surface area contributed by atoms with E-state index in [1.165, 1.54) is 26.7 Å². The minimum Gasteiger partial charge on any atom is -0.458 e. The van der Waals surface area contributed by atoms with Crippen LogP contribution < -0.4 is 0 Å². The van der Waals surface area contributed by atoms with E-state index in [9.17, 15) is 14.7 Å². The highest BCUT2D eigenvalue weighted by molar-refractivity contribution is 7.09. The third kappa shape index (κ3) is 10.4. The lowest BCUT2D eigenvalue weighted by molar-refractivity contribution is -0.182. The van der Waals surface area contributed by atoms with Crippen LogP contribution in [-0.4, -0.2) is 54.6 Å². The topological polar surface area (TPSA) is 95.0 Å². The molecule has 7 nitrogen and oxygen atoms in total. The van der Waals surface area contributed by atoms with Crippen molar-refractivity contribution in [2.24, 2.45) is 17.3 Å². The number of rotatable bonds is 16. The number of methoxy groups -OCH3 is 2. The monoisotopic (exact) mass is 537 g/mol. The highest BCUT2D eigenvalue weighted by atomic mass is 32.1. The average Bonchev–Trinajstić information content (AvgIpc) is 3.24. The number of aliphatic hydroxyl groups excluding tert-OH is 1. The molecule has 0 fully saturated rings. The summed E-state index contributed by atoms with van der Waals surface area (Å²) in [4.78, 5) is 29.2. The third-order valence-electron chi connectivity index (χ3n) is 6.90. The molecule has 0 saturated carbocycles. The predicted molar refractivity (Wildman–Crippen MR) is 149 cm³/mol. The maximum absolute atomic E-state index is 13.1. The molecular formula is C29H47NO6S. The van der Waals surface area contributed by atoms with Crippen LogP contribution in [0.1, 0.15) is 84.9 Å². The van der Waals surface area contributed by atoms with E-state index in [4.69, 9.17) is 14.2 Å². The molecule has 4 unspecified atom stereocenters. The van der Waals surface area contributed by atoms with Gasteiger partial charge in [-0.05, 0) is 71.4 Å². The van der Waals surface area contributed by atoms with Crippen LogP contribution in [0.15, 0.2) is 22.6 Å². The molecule has 1 heterocycles. The summed E-state index contributed by atoms with van der Waals surface area (Å²) < 4.78 is 16.2. The van der Waals surface area contributed by atoms with Crippen LogP contribution in [0.5, 0.6) is 0 Å². The highest BCUT2D eigenvalue weighted by Gasteiger charge is 2.42. The minimum absolute atomic E-state index is 0.0355. The van der Waals surface area contributed by atoms with Crippen molar-refractivity contribution in [3.63, 3.8) is 0 Å². The Labute approximate surface area is 227 Å². The summed E-state index contributed by atoms with van der Waals surface area (Å²) in [5.41, 5.74) is 2.16. The molecule has 0 bridgehead atoms. The van der Waals surface area contributed by atoms with Gasteiger partial charge in [0.25, 0.3) is 0 Å². The van der Waals surface area contributed by atoms with Crippen molar-refractivity contribution >= 4 is 29.2 Å². The summed E-state index contributed by atoms with van der Waals surface area (Å²) >= 11 is 1.59. The SMILES string of the molecule is COC(OC)C(C)(C)C(=O)C(C)C(O)C(C)CCC/C(C)=C/CC(OC(C)=O)/C(C)=C/c1csc(C)n1. The van der Waals surface area contributed by atoms with E-state index in [1.54, 1.807) is 32.1 Å². The Kier molecular flexibility index (Phi) is 13.9. The molecule has 210 valence electrons. The van der Waals surface area contributed by atoms with Gasteiger partial charge in [0.1, 0.15) is 11.9 Å². The second-order valence-corrected chi connectivity index (χ2v) is 11.7. The number of nitrogens with zero attached hydrogens (tertiary/aromatic N) is 1. The molecule has 1 rings (SSSR count). The van der Waals surface area contributed by atoms with Crippen LogP contribution >= 0.6 is 11.3 Å². The molecule has 0 saturated heterocycles. The summed E-state index contributed by atoms with van der Waals surface area (Å²) in [7, 11) is 3.02. The van der Waals surface area contributed by atoms with Crippen LogP contribution in [0.3, 0.4) is 0 Å². The summed E-state index contributed by atoms with van der Waals surface area (Å²) in [6.07, 6.45) is 5.45. The van der Waals surface area contributed by atoms with Crippen molar-refractivity contribution in [1.82, 2.24) is 4.98 Å². The summed E-state index contributed by atoms with van der Waals surface area (Å²) in [6, 6.07) is 0. The Bertz CT molecular complexity index is 931. The maximum atomic E-state index is 13.1. The molecular weight excluding hydrogens is 490 g/mol. The molecule has 4 atom stereocenters. The fourth-order valence-electron chi connectivity index (χ4n) is 4.62. The number of esters is 1. The first-order chi connectivity index (χ1) is 17.2. The molecule has 1 aromatic heterocycles. The van der Waals surface area contributed by atoms with Gasteiger partial charge < -0.3 is 19.3 Å². The van der Waals surface area contributed by atoms with E-state index in [-0.39, 0.29) is 23.8 Å². The maximum Gasteiger partial charge on any atom is 0.303 e. The summed E-state index contributed by atoms with van der Waals surface area (Å²) in [5, 5.41) is 13.9. The number of thiazole rings is 1. The number of Topliss-reactive ketones (excluding diaryl/α,β-unsaturated/α-hetero) is 1. The van der Waals surface area contributed by atoms with Gasteiger partial charge in [0.15, 0.2) is 6.29 Å². The Morgan fingerprint density at radius 2 is 1.78 bits per heavy atom. The number of allylic oxidation sites excluding steroid dienone is 1. The number of hydrogen-bond acceptors (Lipinski definition) is 8. The van der Waals surface area contributed by atoms with Crippen LogP contribution in [0.2, 0.25) is 0 Å². The zero-order valence-corrected chi connectivity index (χ0v) is 25.1. The zero-order valence-electron chi connectivity index (χ0n) is 24.3. The molecule has 8 heteroatoms. The number of hydrogen-bond donors (Lipinski definition) is 1. The molecule has 1 N–H and O–H groups in total. The molecule has 0 radical (unpaired) electrons. The molecule has 0 aliphatic rings. The number of carbonyl (C=O) groups is 2. The van der Waals surface area contributed by atoms with Gasteiger partial charge in [-0.25, -0.2) is 4.98 Å². The van der Waals surface area contributed by atoms with Gasteiger partial charge >= 0.3 is 5.97 Å². The van der Waals surface area contributed by atoms with Crippen LogP contribution in [0.25, 0.3) is 6.08 Å². The number of carbonyl (C=O) groups excluding carboxylic acids is 2. The van der Waals surface area contributed by atoms with E-state index >= 15 is 0 Å². The largest absolute Gasteiger partial charge is 0.458 e. The van der Waals surface area contributed by atoms with Crippen molar-refractivity contribution in [2.75, 3.05) is 14.2 Å². The highest BCUT2D eigenvalue weighted by Crippen LogP contribution is 2.32. The minimum atomic E-state index is -0.869. The summed E-state index contributed by atoms with van der Waals surface area (Å²) in [5.74, 6) is -0.957. The summed E-state index contributed by atoms with van der Waals surface area (Å²) in [6.45, 7) is 14.7. The predicted octanol–water partition coefficient (Wildman–Crippen LogP) is 6.14. The standard InChI is InChI=1S/C29H47NO6S/c1-18(14-15-25(36-23(6)31)20(3)16-24-17-37-22(5)30-24)12-11-13-19(2)26(32)21(4)27(33)29(7,8)28(34-9)35-10/h14,16-17,19,21,25-26,28,32H,11-13,15H2,1-10H3/b18-14+,20-16+. The average molecular weight is 538 g/mol. The quantitative estimate of drug-likeness (QED) is 0.154. The third-order valence-corrected chi connectivity index (χ3v) is 7.69. The zero-order chi connectivity index (χ0) is 28.3. The lowest BCUT2D eigenvalue weighted by Gasteiger charge is -2.35. The first kappa shape index (κ1) is 33.2. The van der Waals surface area contributed by atoms with E-state index in [1.807, 2.05) is 32.2 Å². The van der Waals surface area contributed by atoms with Gasteiger partial charge in [0, 0.05) is 38.9 Å². The first-order valence-corrected chi connectivity index (χ1v) is 13.8. The molecule has 0 aliphatic carbocycles. The van der Waals surface area contributed by atoms with Gasteiger partial charge in [-0.15, -0.1) is 11.3 Å². The fraction of sp³-hybridized carbons (Fsp3) is 0.690. The lowest BCUT2D eigenvalue weighted by atomic mass is 9.76. The number of ether oxygens (including phenoxy) is 3. The molecule has 0 amide bonds. The number of ketones is 1. The molecule has 0 spiro atoms. The normalized spacial score (nSPS) is 16.4. The van der Waals surface area contributed by atoms with Crippen molar-refractivity contribution in [3.8, 4) is 0 Å². The second kappa shape index (κ2) is 15.5. The molecule has 1 aromatic rings. The molecule has 0 aromatic carbocycles. The van der Waals surface area contributed by atoms with E-state index in [0.29, 0.717) is 6.42 Å². The Hall–Kier alpha value is -1.87. The van der Waals surface area contributed by atoms with Crippen molar-refractivity contribution in [2.45, 2.75) is 99.6 Å². The lowest BCUT2D eigenvalue weighted by Crippen LogP contribution is -2.46. The van der Waals surface area contributed by atoms with Gasteiger partial charge in [-0.2, -0.15) is 0 Å². The Morgan fingerprint density at radius 1 is 1.16 bits per heavy atom. The van der Waals surface area contributed by atoms with Crippen molar-refractivity contribution < 1.29 is 28.9 Å². The smallest absolute Gasteiger partial charge is 0.303 e. The van der Waals surface area contributed by atoms with Crippen LogP contribution in [-0.2, 0) is 23.8 Å². The van der Waals surface area contributed by atoms with E-state index < -0.39 is 23.7 Å². The first-order valence-electron chi connectivity index (χ1n) is 13.0. The number of aryl methyl sites for hydroxylation is 1. The molecule has 37 heavy (non-hydrogen) atoms. The molecule has 0 aliphatic heterocycles. The Balaban J connectivity index is 2.68. The second-order valence-electron chi connectivity index (χ2n) is 10.6. The van der Waals surface area contributed by atoms with E-state index in [2.05, 4.69) is 18.0 Å². The van der Waals surface area contributed by atoms with Gasteiger partial charge in [0.05, 0.1) is 22.2 Å². The van der Waals surface area contributed by atoms with Crippen LogP contribution in [0, 0.1) is 24.2 Å². The number of aromatic nitrogens is 1. The van der Waals surface area contributed by atoms with Crippen molar-refractivity contribution in [1.29, 1.82) is 0 Å². The number of aliphatic hydroxyl groups is 1. The van der Waals surface area contributed by atoms with Crippen molar-refractivity contribution in [3.05, 3.63) is 33.3 Å². The van der Waals surface area contributed by atoms with Gasteiger partial charge in [-0.3, -0.25) is 9.59 Å². The Morgan fingerprint density at radius 3 is 2.30 bits per heavy atom.